The van der Waals surface area contributed by atoms with E-state index in [0.29, 0.717) is 13.2 Å². The standard InChI is InChI=1S/C15H18N4O3/c1-20-7-6-19-14(17)13(9-16)15(18-19)22-10-11-4-3-5-12(8-11)21-2/h3-5,8H,6-7,10,17H2,1-2H3. The van der Waals surface area contributed by atoms with Crippen LogP contribution in [-0.4, -0.2) is 30.6 Å². The number of aromatic nitrogens is 2. The number of nitriles is 1. The van der Waals surface area contributed by atoms with E-state index in [2.05, 4.69) is 5.10 Å². The van der Waals surface area contributed by atoms with Crippen molar-refractivity contribution in [3.05, 3.63) is 35.4 Å². The van der Waals surface area contributed by atoms with Gasteiger partial charge in [-0.15, -0.1) is 5.10 Å². The van der Waals surface area contributed by atoms with Crippen LogP contribution >= 0.6 is 0 Å². The van der Waals surface area contributed by atoms with Crippen molar-refractivity contribution in [2.24, 2.45) is 0 Å². The van der Waals surface area contributed by atoms with Gasteiger partial charge in [-0.25, -0.2) is 4.68 Å². The Morgan fingerprint density at radius 1 is 1.36 bits per heavy atom. The van der Waals surface area contributed by atoms with Gasteiger partial charge in [0.25, 0.3) is 5.88 Å². The van der Waals surface area contributed by atoms with E-state index in [1.807, 2.05) is 30.3 Å². The number of anilines is 1. The number of nitrogens with two attached hydrogens (primary N) is 1. The van der Waals surface area contributed by atoms with Gasteiger partial charge < -0.3 is 19.9 Å². The van der Waals surface area contributed by atoms with E-state index in [0.717, 1.165) is 11.3 Å². The van der Waals surface area contributed by atoms with Gasteiger partial charge in [-0.05, 0) is 17.7 Å². The molecule has 0 saturated heterocycles. The maximum absolute atomic E-state index is 9.20. The Kier molecular flexibility index (Phi) is 5.22. The van der Waals surface area contributed by atoms with Crippen LogP contribution in [-0.2, 0) is 17.9 Å². The van der Waals surface area contributed by atoms with Gasteiger partial charge in [0.15, 0.2) is 5.56 Å². The van der Waals surface area contributed by atoms with Crippen LogP contribution in [0.3, 0.4) is 0 Å². The summed E-state index contributed by atoms with van der Waals surface area (Å²) in [4.78, 5) is 0. The molecule has 1 aromatic heterocycles. The molecule has 7 nitrogen and oxygen atoms in total. The summed E-state index contributed by atoms with van der Waals surface area (Å²) in [5.74, 6) is 1.24. The highest BCUT2D eigenvalue weighted by Crippen LogP contribution is 2.24. The minimum atomic E-state index is 0.221. The fraction of sp³-hybridized carbons (Fsp3) is 0.333. The van der Waals surface area contributed by atoms with Gasteiger partial charge in [0.2, 0.25) is 0 Å². The van der Waals surface area contributed by atoms with Crippen molar-refractivity contribution >= 4 is 5.82 Å². The fourth-order valence-electron chi connectivity index (χ4n) is 1.92. The van der Waals surface area contributed by atoms with Crippen molar-refractivity contribution in [2.45, 2.75) is 13.2 Å². The highest BCUT2D eigenvalue weighted by molar-refractivity contribution is 5.55. The number of nitrogen functional groups attached to an aromatic ring is 1. The molecule has 0 unspecified atom stereocenters. The Balaban J connectivity index is 2.13. The predicted molar refractivity (Wildman–Crippen MR) is 80.6 cm³/mol. The van der Waals surface area contributed by atoms with Crippen molar-refractivity contribution in [2.75, 3.05) is 26.6 Å². The van der Waals surface area contributed by atoms with E-state index in [1.165, 1.54) is 4.68 Å². The molecule has 1 aromatic carbocycles. The van der Waals surface area contributed by atoms with Gasteiger partial charge in [-0.2, -0.15) is 5.26 Å². The molecule has 0 radical (unpaired) electrons. The summed E-state index contributed by atoms with van der Waals surface area (Å²) >= 11 is 0. The maximum atomic E-state index is 9.20. The van der Waals surface area contributed by atoms with Crippen LogP contribution in [0.25, 0.3) is 0 Å². The van der Waals surface area contributed by atoms with Crippen LogP contribution < -0.4 is 15.2 Å². The topological polar surface area (TPSA) is 95.3 Å². The number of nitrogens with zero attached hydrogens (tertiary/aromatic N) is 3. The maximum Gasteiger partial charge on any atom is 0.253 e. The first-order chi connectivity index (χ1) is 10.7. The highest BCUT2D eigenvalue weighted by Gasteiger charge is 2.16. The summed E-state index contributed by atoms with van der Waals surface area (Å²) in [6, 6.07) is 9.50. The van der Waals surface area contributed by atoms with Crippen LogP contribution in [0.4, 0.5) is 5.82 Å². The fourth-order valence-corrected chi connectivity index (χ4v) is 1.92. The summed E-state index contributed by atoms with van der Waals surface area (Å²) in [7, 11) is 3.19. The van der Waals surface area contributed by atoms with Crippen molar-refractivity contribution in [1.29, 1.82) is 5.26 Å². The Labute approximate surface area is 128 Å². The lowest BCUT2D eigenvalue weighted by Crippen LogP contribution is -2.09. The molecule has 0 spiro atoms. The molecule has 7 heteroatoms. The van der Waals surface area contributed by atoms with Crippen molar-refractivity contribution < 1.29 is 14.2 Å². The molecule has 0 amide bonds. The molecule has 1 heterocycles. The third kappa shape index (κ3) is 3.48. The minimum Gasteiger partial charge on any atom is -0.497 e. The summed E-state index contributed by atoms with van der Waals surface area (Å²) in [5.41, 5.74) is 7.04. The van der Waals surface area contributed by atoms with Crippen LogP contribution in [0.1, 0.15) is 11.1 Å². The molecular weight excluding hydrogens is 284 g/mol. The lowest BCUT2D eigenvalue weighted by Gasteiger charge is -2.05. The van der Waals surface area contributed by atoms with E-state index in [-0.39, 0.29) is 23.9 Å². The zero-order valence-electron chi connectivity index (χ0n) is 12.6. The van der Waals surface area contributed by atoms with Gasteiger partial charge in [-0.3, -0.25) is 0 Å². The predicted octanol–water partition coefficient (Wildman–Crippen LogP) is 1.57. The minimum absolute atomic E-state index is 0.221. The zero-order valence-corrected chi connectivity index (χ0v) is 12.6. The summed E-state index contributed by atoms with van der Waals surface area (Å²) < 4.78 is 17.3. The van der Waals surface area contributed by atoms with Crippen molar-refractivity contribution in [3.63, 3.8) is 0 Å². The lowest BCUT2D eigenvalue weighted by molar-refractivity contribution is 0.183. The third-order valence-electron chi connectivity index (χ3n) is 3.09. The Morgan fingerprint density at radius 3 is 2.86 bits per heavy atom. The summed E-state index contributed by atoms with van der Waals surface area (Å²) in [6.07, 6.45) is 0. The molecule has 0 fully saturated rings. The van der Waals surface area contributed by atoms with E-state index in [9.17, 15) is 5.26 Å². The molecule has 0 aliphatic rings. The molecule has 0 aliphatic heterocycles. The van der Waals surface area contributed by atoms with Gasteiger partial charge in [0, 0.05) is 7.11 Å². The monoisotopic (exact) mass is 302 g/mol. The van der Waals surface area contributed by atoms with Gasteiger partial charge >= 0.3 is 0 Å². The molecule has 0 saturated carbocycles. The van der Waals surface area contributed by atoms with E-state index >= 15 is 0 Å². The summed E-state index contributed by atoms with van der Waals surface area (Å²) in [6.45, 7) is 1.18. The third-order valence-corrected chi connectivity index (χ3v) is 3.09. The van der Waals surface area contributed by atoms with Gasteiger partial charge in [-0.1, -0.05) is 12.1 Å². The van der Waals surface area contributed by atoms with E-state index in [1.54, 1.807) is 14.2 Å². The zero-order chi connectivity index (χ0) is 15.9. The first-order valence-corrected chi connectivity index (χ1v) is 6.70. The SMILES string of the molecule is COCCn1nc(OCc2cccc(OC)c2)c(C#N)c1N. The molecule has 22 heavy (non-hydrogen) atoms. The Bertz CT molecular complexity index is 676. The van der Waals surface area contributed by atoms with Crippen LogP contribution in [0.5, 0.6) is 11.6 Å². The first kappa shape index (κ1) is 15.7. The molecule has 0 atom stereocenters. The van der Waals surface area contributed by atoms with Gasteiger partial charge in [0.1, 0.15) is 24.2 Å². The second-order valence-electron chi connectivity index (χ2n) is 4.53. The second-order valence-corrected chi connectivity index (χ2v) is 4.53. The normalized spacial score (nSPS) is 10.2. The Morgan fingerprint density at radius 2 is 2.18 bits per heavy atom. The average Bonchev–Trinajstić information content (AvgIpc) is 2.86. The molecule has 0 aliphatic carbocycles. The number of ether oxygens (including phenoxy) is 3. The van der Waals surface area contributed by atoms with Crippen LogP contribution in [0.15, 0.2) is 24.3 Å². The number of hydrogen-bond donors (Lipinski definition) is 1. The molecule has 2 N–H and O–H groups in total. The number of hydrogen-bond acceptors (Lipinski definition) is 6. The smallest absolute Gasteiger partial charge is 0.253 e. The highest BCUT2D eigenvalue weighted by atomic mass is 16.5. The molecule has 2 aromatic rings. The molecular formula is C15H18N4O3. The quantitative estimate of drug-likeness (QED) is 0.834. The number of methoxy groups -OCH3 is 2. The van der Waals surface area contributed by atoms with E-state index < -0.39 is 0 Å². The first-order valence-electron chi connectivity index (χ1n) is 6.70. The lowest BCUT2D eigenvalue weighted by atomic mass is 10.2. The Hall–Kier alpha value is -2.72. The van der Waals surface area contributed by atoms with Crippen molar-refractivity contribution in [3.8, 4) is 17.7 Å². The summed E-state index contributed by atoms with van der Waals surface area (Å²) in [5, 5.41) is 13.4. The number of rotatable bonds is 7. The largest absolute Gasteiger partial charge is 0.497 e. The van der Waals surface area contributed by atoms with Crippen LogP contribution in [0.2, 0.25) is 0 Å². The van der Waals surface area contributed by atoms with Crippen molar-refractivity contribution in [1.82, 2.24) is 9.78 Å². The molecule has 0 bridgehead atoms. The molecule has 2 rings (SSSR count). The van der Waals surface area contributed by atoms with E-state index in [4.69, 9.17) is 19.9 Å². The average molecular weight is 302 g/mol. The van der Waals surface area contributed by atoms with Crippen LogP contribution in [0, 0.1) is 11.3 Å². The molecule has 116 valence electrons. The number of benzene rings is 1. The van der Waals surface area contributed by atoms with Gasteiger partial charge in [0.05, 0.1) is 20.3 Å². The second kappa shape index (κ2) is 7.33.